The fraction of sp³-hybridized carbons (Fsp3) is 0.324. The number of likely N-dealkylation sites (tertiary alicyclic amines) is 1. The summed E-state index contributed by atoms with van der Waals surface area (Å²) in [5.74, 6) is 0.684. The van der Waals surface area contributed by atoms with Gasteiger partial charge in [0.25, 0.3) is 0 Å². The van der Waals surface area contributed by atoms with E-state index in [2.05, 4.69) is 45.2 Å². The number of rotatable bonds is 8. The van der Waals surface area contributed by atoms with Crippen molar-refractivity contribution in [1.82, 2.24) is 24.8 Å². The highest BCUT2D eigenvalue weighted by atomic mass is 16.2. The standard InChI is InChI=1S/C34H38N6O2/c1-34(2,35)21-31(41)37-29(20-24-22-36-27-13-7-6-12-26(24)27)33(42)39-18-16-25(17-19-39)40-30-15-9-8-14-28(30)38-32(40)23-10-4-3-5-11-23/h3-15,22,25,29,36H,16-21,35H2,1-2H3,(H,37,41)/t29-/m1/s1. The molecule has 1 aliphatic rings. The van der Waals surface area contributed by atoms with E-state index in [9.17, 15) is 9.59 Å². The van der Waals surface area contributed by atoms with E-state index < -0.39 is 11.6 Å². The number of carbonyl (C=O) groups is 2. The van der Waals surface area contributed by atoms with Gasteiger partial charge < -0.3 is 25.5 Å². The van der Waals surface area contributed by atoms with E-state index in [4.69, 9.17) is 10.7 Å². The number of fused-ring (bicyclic) bond motifs is 2. The summed E-state index contributed by atoms with van der Waals surface area (Å²) in [4.78, 5) is 37.2. The summed E-state index contributed by atoms with van der Waals surface area (Å²) in [5, 5.41) is 4.09. The first kappa shape index (κ1) is 27.7. The van der Waals surface area contributed by atoms with E-state index in [-0.39, 0.29) is 24.3 Å². The molecule has 3 heterocycles. The number of aromatic amines is 1. The van der Waals surface area contributed by atoms with Crippen LogP contribution in [0.15, 0.2) is 85.1 Å². The van der Waals surface area contributed by atoms with Crippen molar-refractivity contribution in [1.29, 1.82) is 0 Å². The molecule has 3 aromatic carbocycles. The first-order valence-corrected chi connectivity index (χ1v) is 14.7. The van der Waals surface area contributed by atoms with Gasteiger partial charge in [-0.3, -0.25) is 9.59 Å². The molecule has 0 radical (unpaired) electrons. The van der Waals surface area contributed by atoms with Gasteiger partial charge >= 0.3 is 0 Å². The zero-order valence-electron chi connectivity index (χ0n) is 24.2. The Kier molecular flexibility index (Phi) is 7.56. The van der Waals surface area contributed by atoms with E-state index in [0.29, 0.717) is 19.5 Å². The lowest BCUT2D eigenvalue weighted by Crippen LogP contribution is -2.53. The minimum absolute atomic E-state index is 0.0549. The van der Waals surface area contributed by atoms with E-state index in [0.717, 1.165) is 51.7 Å². The third-order valence-corrected chi connectivity index (χ3v) is 8.12. The van der Waals surface area contributed by atoms with Gasteiger partial charge in [0, 0.05) is 60.2 Å². The summed E-state index contributed by atoms with van der Waals surface area (Å²) in [5.41, 5.74) is 10.6. The van der Waals surface area contributed by atoms with Gasteiger partial charge in [0.15, 0.2) is 0 Å². The quantitative estimate of drug-likeness (QED) is 0.241. The normalized spacial score (nSPS) is 15.3. The van der Waals surface area contributed by atoms with Crippen molar-refractivity contribution < 1.29 is 9.59 Å². The molecule has 4 N–H and O–H groups in total. The van der Waals surface area contributed by atoms with Crippen LogP contribution in [-0.2, 0) is 16.0 Å². The van der Waals surface area contributed by atoms with Crippen LogP contribution >= 0.6 is 0 Å². The monoisotopic (exact) mass is 562 g/mol. The van der Waals surface area contributed by atoms with Crippen molar-refractivity contribution in [2.75, 3.05) is 13.1 Å². The molecule has 0 bridgehead atoms. The van der Waals surface area contributed by atoms with Crippen molar-refractivity contribution in [3.05, 3.63) is 90.6 Å². The Hall–Kier alpha value is -4.43. The highest BCUT2D eigenvalue weighted by Gasteiger charge is 2.32. The van der Waals surface area contributed by atoms with E-state index >= 15 is 0 Å². The Balaban J connectivity index is 1.23. The molecule has 5 aromatic rings. The molecule has 2 amide bonds. The van der Waals surface area contributed by atoms with Crippen LogP contribution in [0.4, 0.5) is 0 Å². The van der Waals surface area contributed by atoms with Crippen molar-refractivity contribution in [3.8, 4) is 11.4 Å². The maximum Gasteiger partial charge on any atom is 0.245 e. The molecule has 1 aliphatic heterocycles. The number of benzene rings is 3. The van der Waals surface area contributed by atoms with Gasteiger partial charge in [-0.05, 0) is 50.5 Å². The number of para-hydroxylation sites is 3. The molecular weight excluding hydrogens is 524 g/mol. The average molecular weight is 563 g/mol. The number of hydrogen-bond acceptors (Lipinski definition) is 4. The maximum atomic E-state index is 14.0. The molecular formula is C34H38N6O2. The number of carbonyl (C=O) groups excluding carboxylic acids is 2. The number of hydrogen-bond donors (Lipinski definition) is 3. The molecule has 0 spiro atoms. The number of imidazole rings is 1. The number of aromatic nitrogens is 3. The zero-order valence-corrected chi connectivity index (χ0v) is 24.2. The predicted octanol–water partition coefficient (Wildman–Crippen LogP) is 5.20. The Morgan fingerprint density at radius 3 is 2.45 bits per heavy atom. The smallest absolute Gasteiger partial charge is 0.245 e. The van der Waals surface area contributed by atoms with E-state index in [1.54, 1.807) is 0 Å². The first-order valence-electron chi connectivity index (χ1n) is 14.7. The Morgan fingerprint density at radius 2 is 1.69 bits per heavy atom. The van der Waals surface area contributed by atoms with E-state index in [1.165, 1.54) is 0 Å². The average Bonchev–Trinajstić information content (AvgIpc) is 3.58. The highest BCUT2D eigenvalue weighted by molar-refractivity contribution is 5.90. The highest BCUT2D eigenvalue weighted by Crippen LogP contribution is 2.33. The lowest BCUT2D eigenvalue weighted by atomic mass is 9.98. The molecule has 1 saturated heterocycles. The maximum absolute atomic E-state index is 14.0. The second-order valence-electron chi connectivity index (χ2n) is 12.1. The topological polar surface area (TPSA) is 109 Å². The second kappa shape index (κ2) is 11.4. The Bertz CT molecular complexity index is 1710. The van der Waals surface area contributed by atoms with Crippen LogP contribution in [0.25, 0.3) is 33.3 Å². The Labute approximate surface area is 245 Å². The number of piperidine rings is 1. The van der Waals surface area contributed by atoms with Gasteiger partial charge in [-0.1, -0.05) is 60.7 Å². The number of nitrogens with one attached hydrogen (secondary N) is 2. The summed E-state index contributed by atoms with van der Waals surface area (Å²) in [6.45, 7) is 4.84. The van der Waals surface area contributed by atoms with Crippen molar-refractivity contribution in [3.63, 3.8) is 0 Å². The molecule has 216 valence electrons. The number of nitrogens with two attached hydrogens (primary N) is 1. The van der Waals surface area contributed by atoms with Crippen LogP contribution in [0, 0.1) is 0 Å². The minimum atomic E-state index is -0.676. The van der Waals surface area contributed by atoms with E-state index in [1.807, 2.05) is 73.5 Å². The van der Waals surface area contributed by atoms with Crippen molar-refractivity contribution >= 4 is 33.8 Å². The Morgan fingerprint density at radius 1 is 1.00 bits per heavy atom. The molecule has 0 aliphatic carbocycles. The molecule has 1 atom stereocenters. The number of nitrogens with zero attached hydrogens (tertiary/aromatic N) is 3. The van der Waals surface area contributed by atoms with Crippen LogP contribution in [0.3, 0.4) is 0 Å². The van der Waals surface area contributed by atoms with Crippen LogP contribution in [-0.4, -0.2) is 55.9 Å². The van der Waals surface area contributed by atoms with Crippen LogP contribution < -0.4 is 11.1 Å². The molecule has 42 heavy (non-hydrogen) atoms. The molecule has 6 rings (SSSR count). The van der Waals surface area contributed by atoms with Gasteiger partial charge in [0.1, 0.15) is 11.9 Å². The lowest BCUT2D eigenvalue weighted by Gasteiger charge is -2.36. The second-order valence-corrected chi connectivity index (χ2v) is 12.1. The largest absolute Gasteiger partial charge is 0.361 e. The summed E-state index contributed by atoms with van der Waals surface area (Å²) < 4.78 is 2.35. The third-order valence-electron chi connectivity index (χ3n) is 8.12. The third kappa shape index (κ3) is 5.81. The molecule has 8 heteroatoms. The van der Waals surface area contributed by atoms with Crippen LogP contribution in [0.5, 0.6) is 0 Å². The molecule has 8 nitrogen and oxygen atoms in total. The van der Waals surface area contributed by atoms with Gasteiger partial charge in [-0.2, -0.15) is 0 Å². The van der Waals surface area contributed by atoms with Gasteiger partial charge in [-0.25, -0.2) is 4.98 Å². The van der Waals surface area contributed by atoms with Gasteiger partial charge in [-0.15, -0.1) is 0 Å². The summed E-state index contributed by atoms with van der Waals surface area (Å²) in [7, 11) is 0. The molecule has 0 unspecified atom stereocenters. The minimum Gasteiger partial charge on any atom is -0.361 e. The molecule has 1 fully saturated rings. The van der Waals surface area contributed by atoms with Gasteiger partial charge in [0.05, 0.1) is 11.0 Å². The van der Waals surface area contributed by atoms with Crippen LogP contribution in [0.1, 0.15) is 44.7 Å². The fourth-order valence-electron chi connectivity index (χ4n) is 6.15. The zero-order chi connectivity index (χ0) is 29.3. The number of H-pyrrole nitrogens is 1. The summed E-state index contributed by atoms with van der Waals surface area (Å²) >= 11 is 0. The van der Waals surface area contributed by atoms with Crippen LogP contribution in [0.2, 0.25) is 0 Å². The SMILES string of the molecule is CC(C)(N)CC(=O)N[C@H](Cc1c[nH]c2ccccc12)C(=O)N1CCC(n2c(-c3ccccc3)nc3ccccc32)CC1. The van der Waals surface area contributed by atoms with Crippen molar-refractivity contribution in [2.45, 2.75) is 57.2 Å². The fourth-order valence-corrected chi connectivity index (χ4v) is 6.15. The molecule has 0 saturated carbocycles. The summed E-state index contributed by atoms with van der Waals surface area (Å²) in [6.07, 6.45) is 4.09. The predicted molar refractivity (Wildman–Crippen MR) is 167 cm³/mol. The van der Waals surface area contributed by atoms with Crippen molar-refractivity contribution in [2.24, 2.45) is 5.73 Å². The summed E-state index contributed by atoms with van der Waals surface area (Å²) in [6, 6.07) is 26.1. The van der Waals surface area contributed by atoms with Gasteiger partial charge in [0.2, 0.25) is 11.8 Å². The first-order chi connectivity index (χ1) is 20.3. The molecule has 2 aromatic heterocycles. The number of amides is 2. The lowest BCUT2D eigenvalue weighted by molar-refractivity contribution is -0.137.